The Bertz CT molecular complexity index is 1090. The second kappa shape index (κ2) is 11.7. The molecule has 1 saturated carbocycles. The second-order valence-corrected chi connectivity index (χ2v) is 8.95. The van der Waals surface area contributed by atoms with Gasteiger partial charge in [0, 0.05) is 26.1 Å². The maximum absolute atomic E-state index is 13.1. The minimum Gasteiger partial charge on any atom is -0.484 e. The number of ether oxygens (including phenoxy) is 1. The SMILES string of the molecule is CN(C(=O)Cn1c(CCCNC(=O)COc2ccccc2)nc2ccccc21)C1CCCCC1. The second-order valence-electron chi connectivity index (χ2n) is 8.95. The zero-order valence-corrected chi connectivity index (χ0v) is 19.9. The molecule has 0 bridgehead atoms. The standard InChI is InChI=1S/C27H34N4O3/c1-30(21-11-4-2-5-12-21)27(33)19-31-24-16-9-8-15-23(24)29-25(31)17-10-18-28-26(32)20-34-22-13-6-3-7-14-22/h3,6-9,13-16,21H,2,4-5,10-12,17-20H2,1H3,(H,28,32). The van der Waals surface area contributed by atoms with Crippen LogP contribution in [0.2, 0.25) is 0 Å². The van der Waals surface area contributed by atoms with Crippen LogP contribution < -0.4 is 10.1 Å². The van der Waals surface area contributed by atoms with Gasteiger partial charge in [-0.15, -0.1) is 0 Å². The van der Waals surface area contributed by atoms with Crippen molar-refractivity contribution >= 4 is 22.8 Å². The number of para-hydroxylation sites is 3. The Balaban J connectivity index is 1.32. The molecular weight excluding hydrogens is 428 g/mol. The first-order valence-corrected chi connectivity index (χ1v) is 12.3. The maximum Gasteiger partial charge on any atom is 0.257 e. The van der Waals surface area contributed by atoms with Crippen LogP contribution >= 0.6 is 0 Å². The van der Waals surface area contributed by atoms with Gasteiger partial charge < -0.3 is 19.5 Å². The predicted octanol–water partition coefficient (Wildman–Crippen LogP) is 3.96. The molecule has 1 aliphatic rings. The minimum absolute atomic E-state index is 0.00940. The van der Waals surface area contributed by atoms with Gasteiger partial charge in [-0.25, -0.2) is 4.98 Å². The van der Waals surface area contributed by atoms with Gasteiger partial charge >= 0.3 is 0 Å². The van der Waals surface area contributed by atoms with Crippen molar-refractivity contribution in [3.63, 3.8) is 0 Å². The number of carbonyl (C=O) groups excluding carboxylic acids is 2. The van der Waals surface area contributed by atoms with E-state index in [0.717, 1.165) is 36.1 Å². The summed E-state index contributed by atoms with van der Waals surface area (Å²) in [7, 11) is 1.93. The Morgan fingerprint density at radius 1 is 1.06 bits per heavy atom. The molecule has 0 unspecified atom stereocenters. The molecular formula is C27H34N4O3. The van der Waals surface area contributed by atoms with Gasteiger partial charge in [0.1, 0.15) is 18.1 Å². The molecule has 34 heavy (non-hydrogen) atoms. The van der Waals surface area contributed by atoms with E-state index in [0.29, 0.717) is 31.3 Å². The van der Waals surface area contributed by atoms with Crippen molar-refractivity contribution in [1.29, 1.82) is 0 Å². The normalized spacial score (nSPS) is 14.1. The van der Waals surface area contributed by atoms with Crippen molar-refractivity contribution in [3.05, 3.63) is 60.4 Å². The van der Waals surface area contributed by atoms with Gasteiger partial charge in [0.25, 0.3) is 5.91 Å². The molecule has 7 nitrogen and oxygen atoms in total. The molecule has 3 aromatic rings. The minimum atomic E-state index is -0.151. The summed E-state index contributed by atoms with van der Waals surface area (Å²) in [4.78, 5) is 31.9. The lowest BCUT2D eigenvalue weighted by molar-refractivity contribution is -0.133. The van der Waals surface area contributed by atoms with Gasteiger partial charge in [0.2, 0.25) is 5.91 Å². The lowest BCUT2D eigenvalue weighted by Crippen LogP contribution is -2.40. The van der Waals surface area contributed by atoms with E-state index in [-0.39, 0.29) is 18.4 Å². The van der Waals surface area contributed by atoms with Crippen molar-refractivity contribution in [1.82, 2.24) is 19.8 Å². The Hall–Kier alpha value is -3.35. The summed E-state index contributed by atoms with van der Waals surface area (Å²) in [5.74, 6) is 1.53. The summed E-state index contributed by atoms with van der Waals surface area (Å²) in [5, 5.41) is 2.90. The van der Waals surface area contributed by atoms with Crippen molar-refractivity contribution in [2.45, 2.75) is 57.5 Å². The van der Waals surface area contributed by atoms with Gasteiger partial charge in [-0.2, -0.15) is 0 Å². The van der Waals surface area contributed by atoms with Crippen LogP contribution in [-0.4, -0.2) is 52.5 Å². The van der Waals surface area contributed by atoms with E-state index in [9.17, 15) is 9.59 Å². The molecule has 0 saturated heterocycles. The number of carbonyl (C=O) groups is 2. The van der Waals surface area contributed by atoms with Gasteiger partial charge in [0.05, 0.1) is 11.0 Å². The largest absolute Gasteiger partial charge is 0.484 e. The molecule has 4 rings (SSSR count). The highest BCUT2D eigenvalue weighted by Crippen LogP contribution is 2.23. The number of nitrogens with zero attached hydrogens (tertiary/aromatic N) is 3. The van der Waals surface area contributed by atoms with E-state index in [4.69, 9.17) is 9.72 Å². The monoisotopic (exact) mass is 462 g/mol. The average molecular weight is 463 g/mol. The number of aryl methyl sites for hydroxylation is 1. The van der Waals surface area contributed by atoms with Crippen LogP contribution in [0, 0.1) is 0 Å². The van der Waals surface area contributed by atoms with Crippen LogP contribution in [0.3, 0.4) is 0 Å². The Kier molecular flexibility index (Phi) is 8.17. The van der Waals surface area contributed by atoms with Crippen LogP contribution in [0.15, 0.2) is 54.6 Å². The predicted molar refractivity (Wildman–Crippen MR) is 133 cm³/mol. The first kappa shape index (κ1) is 23.8. The highest BCUT2D eigenvalue weighted by Gasteiger charge is 2.23. The van der Waals surface area contributed by atoms with E-state index in [1.165, 1.54) is 19.3 Å². The van der Waals surface area contributed by atoms with Gasteiger partial charge in [-0.1, -0.05) is 49.6 Å². The van der Waals surface area contributed by atoms with E-state index in [1.807, 2.05) is 71.1 Å². The van der Waals surface area contributed by atoms with Crippen LogP contribution in [0.1, 0.15) is 44.3 Å². The third-order valence-electron chi connectivity index (χ3n) is 6.56. The van der Waals surface area contributed by atoms with E-state index in [2.05, 4.69) is 5.32 Å². The fourth-order valence-electron chi connectivity index (χ4n) is 4.60. The summed E-state index contributed by atoms with van der Waals surface area (Å²) < 4.78 is 7.53. The highest BCUT2D eigenvalue weighted by atomic mass is 16.5. The van der Waals surface area contributed by atoms with Crippen molar-refractivity contribution in [3.8, 4) is 5.75 Å². The number of imidazole rings is 1. The van der Waals surface area contributed by atoms with Crippen molar-refractivity contribution in [2.24, 2.45) is 0 Å². The highest BCUT2D eigenvalue weighted by molar-refractivity contribution is 5.81. The number of nitrogens with one attached hydrogen (secondary N) is 1. The molecule has 1 N–H and O–H groups in total. The van der Waals surface area contributed by atoms with Crippen LogP contribution in [-0.2, 0) is 22.6 Å². The molecule has 0 spiro atoms. The molecule has 7 heteroatoms. The number of amides is 2. The Morgan fingerprint density at radius 3 is 2.59 bits per heavy atom. The average Bonchev–Trinajstić information content (AvgIpc) is 3.23. The summed E-state index contributed by atoms with van der Waals surface area (Å²) in [6.07, 6.45) is 7.25. The molecule has 2 aromatic carbocycles. The zero-order valence-electron chi connectivity index (χ0n) is 19.9. The summed E-state index contributed by atoms with van der Waals surface area (Å²) >= 11 is 0. The molecule has 0 radical (unpaired) electrons. The lowest BCUT2D eigenvalue weighted by Gasteiger charge is -2.31. The van der Waals surface area contributed by atoms with Crippen LogP contribution in [0.5, 0.6) is 5.75 Å². The molecule has 0 aliphatic heterocycles. The number of aromatic nitrogens is 2. The number of hydrogen-bond donors (Lipinski definition) is 1. The topological polar surface area (TPSA) is 76.5 Å². The smallest absolute Gasteiger partial charge is 0.257 e. The molecule has 1 aromatic heterocycles. The molecule has 0 atom stereocenters. The van der Waals surface area contributed by atoms with Crippen molar-refractivity contribution < 1.29 is 14.3 Å². The summed E-state index contributed by atoms with van der Waals surface area (Å²) in [6, 6.07) is 17.6. The van der Waals surface area contributed by atoms with Crippen LogP contribution in [0.4, 0.5) is 0 Å². The van der Waals surface area contributed by atoms with E-state index >= 15 is 0 Å². The number of fused-ring (bicyclic) bond motifs is 1. The fraction of sp³-hybridized carbons (Fsp3) is 0.444. The summed E-state index contributed by atoms with van der Waals surface area (Å²) in [6.45, 7) is 0.806. The van der Waals surface area contributed by atoms with E-state index in [1.54, 1.807) is 0 Å². The first-order valence-electron chi connectivity index (χ1n) is 12.3. The number of likely N-dealkylation sites (N-methyl/N-ethyl adjacent to an activating group) is 1. The van der Waals surface area contributed by atoms with Gasteiger partial charge in [-0.3, -0.25) is 9.59 Å². The maximum atomic E-state index is 13.1. The molecule has 180 valence electrons. The van der Waals surface area contributed by atoms with E-state index < -0.39 is 0 Å². The molecule has 2 amide bonds. The Morgan fingerprint density at radius 2 is 1.79 bits per heavy atom. The molecule has 1 fully saturated rings. The third kappa shape index (κ3) is 6.16. The summed E-state index contributed by atoms with van der Waals surface area (Å²) in [5.41, 5.74) is 1.87. The quantitative estimate of drug-likeness (QED) is 0.463. The first-order chi connectivity index (χ1) is 16.6. The fourth-order valence-corrected chi connectivity index (χ4v) is 4.60. The molecule has 1 heterocycles. The number of benzene rings is 2. The van der Waals surface area contributed by atoms with Gasteiger partial charge in [0.15, 0.2) is 6.61 Å². The Labute approximate surface area is 201 Å². The van der Waals surface area contributed by atoms with Crippen molar-refractivity contribution in [2.75, 3.05) is 20.2 Å². The number of rotatable bonds is 10. The van der Waals surface area contributed by atoms with Gasteiger partial charge in [-0.05, 0) is 43.5 Å². The lowest BCUT2D eigenvalue weighted by atomic mass is 9.94. The zero-order chi connectivity index (χ0) is 23.8. The third-order valence-corrected chi connectivity index (χ3v) is 6.56. The number of hydrogen-bond acceptors (Lipinski definition) is 4. The van der Waals surface area contributed by atoms with Crippen LogP contribution in [0.25, 0.3) is 11.0 Å². The molecule has 1 aliphatic carbocycles.